The molecule has 3 aromatic carbocycles. The largest absolute Gasteiger partial charge is 0.478 e. The Morgan fingerprint density at radius 1 is 0.808 bits per heavy atom. The highest BCUT2D eigenvalue weighted by atomic mass is 16.4. The molecule has 6 nitrogen and oxygen atoms in total. The second-order valence-corrected chi connectivity index (χ2v) is 5.30. The smallest absolute Gasteiger partial charge is 0.337 e. The Hall–Kier alpha value is -3.80. The first-order valence-electron chi connectivity index (χ1n) is 7.92. The number of nitrogens with one attached hydrogen (secondary N) is 1. The van der Waals surface area contributed by atoms with Gasteiger partial charge in [0.2, 0.25) is 5.84 Å². The van der Waals surface area contributed by atoms with E-state index in [2.05, 4.69) is 20.8 Å². The molecular weight excluding hydrogens is 328 g/mol. The van der Waals surface area contributed by atoms with Crippen LogP contribution in [0, 0.1) is 0 Å². The number of carboxylic acids is 1. The van der Waals surface area contributed by atoms with E-state index < -0.39 is 5.97 Å². The molecule has 2 N–H and O–H groups in total. The number of nitrogens with zero attached hydrogens (tertiary/aromatic N) is 3. The van der Waals surface area contributed by atoms with E-state index >= 15 is 0 Å². The second-order valence-electron chi connectivity index (χ2n) is 5.30. The molecule has 3 rings (SSSR count). The quantitative estimate of drug-likeness (QED) is 0.297. The van der Waals surface area contributed by atoms with Crippen molar-refractivity contribution in [2.24, 2.45) is 15.3 Å². The first-order valence-corrected chi connectivity index (χ1v) is 7.92. The normalized spacial score (nSPS) is 11.5. The summed E-state index contributed by atoms with van der Waals surface area (Å²) in [5.74, 6) is -0.690. The van der Waals surface area contributed by atoms with Crippen LogP contribution in [-0.4, -0.2) is 16.9 Å². The van der Waals surface area contributed by atoms with Crippen molar-refractivity contribution in [2.75, 3.05) is 5.43 Å². The maximum atomic E-state index is 11.3. The van der Waals surface area contributed by atoms with E-state index in [0.717, 1.165) is 5.56 Å². The number of para-hydroxylation sites is 1. The van der Waals surface area contributed by atoms with Gasteiger partial charge in [-0.25, -0.2) is 4.79 Å². The van der Waals surface area contributed by atoms with Crippen molar-refractivity contribution in [1.29, 1.82) is 0 Å². The SMILES string of the molecule is O=C(O)c1ccccc1N/N=C(/N=N/c1ccccc1)c1ccccc1. The van der Waals surface area contributed by atoms with Gasteiger partial charge in [-0.1, -0.05) is 60.7 Å². The van der Waals surface area contributed by atoms with Crippen LogP contribution in [0.15, 0.2) is 100 Å². The lowest BCUT2D eigenvalue weighted by Crippen LogP contribution is -2.05. The summed E-state index contributed by atoms with van der Waals surface area (Å²) >= 11 is 0. The number of hydrazone groups is 1. The molecule has 0 aliphatic carbocycles. The molecule has 0 aliphatic heterocycles. The number of anilines is 1. The molecule has 0 radical (unpaired) electrons. The molecule has 0 fully saturated rings. The maximum absolute atomic E-state index is 11.3. The van der Waals surface area contributed by atoms with E-state index in [1.165, 1.54) is 6.07 Å². The topological polar surface area (TPSA) is 86.4 Å². The number of amidine groups is 1. The summed E-state index contributed by atoms with van der Waals surface area (Å²) in [6.07, 6.45) is 0. The summed E-state index contributed by atoms with van der Waals surface area (Å²) in [6.45, 7) is 0. The maximum Gasteiger partial charge on any atom is 0.337 e. The number of rotatable bonds is 5. The summed E-state index contributed by atoms with van der Waals surface area (Å²) in [5.41, 5.74) is 4.74. The summed E-state index contributed by atoms with van der Waals surface area (Å²) in [4.78, 5) is 11.3. The molecule has 0 heterocycles. The van der Waals surface area contributed by atoms with Crippen LogP contribution in [0.5, 0.6) is 0 Å². The molecule has 0 unspecified atom stereocenters. The Morgan fingerprint density at radius 2 is 1.42 bits per heavy atom. The summed E-state index contributed by atoms with van der Waals surface area (Å²) in [6, 6.07) is 25.2. The van der Waals surface area contributed by atoms with Gasteiger partial charge in [0, 0.05) is 5.56 Å². The van der Waals surface area contributed by atoms with Crippen molar-refractivity contribution in [3.05, 3.63) is 96.1 Å². The summed E-state index contributed by atoms with van der Waals surface area (Å²) in [5, 5.41) is 21.9. The number of aromatic carboxylic acids is 1. The van der Waals surface area contributed by atoms with Crippen LogP contribution in [0.2, 0.25) is 0 Å². The Labute approximate surface area is 150 Å². The van der Waals surface area contributed by atoms with E-state index in [-0.39, 0.29) is 5.56 Å². The van der Waals surface area contributed by atoms with Crippen molar-refractivity contribution in [2.45, 2.75) is 0 Å². The van der Waals surface area contributed by atoms with Crippen LogP contribution >= 0.6 is 0 Å². The van der Waals surface area contributed by atoms with E-state index in [1.54, 1.807) is 18.2 Å². The average Bonchev–Trinajstić information content (AvgIpc) is 2.69. The van der Waals surface area contributed by atoms with Crippen molar-refractivity contribution in [3.8, 4) is 0 Å². The van der Waals surface area contributed by atoms with E-state index in [4.69, 9.17) is 0 Å². The highest BCUT2D eigenvalue weighted by molar-refractivity contribution is 6.00. The first-order chi connectivity index (χ1) is 12.7. The van der Waals surface area contributed by atoms with Crippen LogP contribution in [0.3, 0.4) is 0 Å². The minimum absolute atomic E-state index is 0.128. The summed E-state index contributed by atoms with van der Waals surface area (Å²) in [7, 11) is 0. The number of hydrogen-bond donors (Lipinski definition) is 2. The molecule has 0 atom stereocenters. The molecule has 0 bridgehead atoms. The lowest BCUT2D eigenvalue weighted by atomic mass is 10.2. The molecule has 0 amide bonds. The third kappa shape index (κ3) is 4.39. The fraction of sp³-hybridized carbons (Fsp3) is 0. The molecule has 6 heteroatoms. The van der Waals surface area contributed by atoms with E-state index in [9.17, 15) is 9.90 Å². The van der Waals surface area contributed by atoms with Crippen molar-refractivity contribution in [3.63, 3.8) is 0 Å². The molecule has 3 aromatic rings. The third-order valence-electron chi connectivity index (χ3n) is 3.49. The fourth-order valence-corrected chi connectivity index (χ4v) is 2.21. The van der Waals surface area contributed by atoms with Gasteiger partial charge in [0.1, 0.15) is 0 Å². The Bertz CT molecular complexity index is 938. The highest BCUT2D eigenvalue weighted by Gasteiger charge is 2.09. The number of carbonyl (C=O) groups is 1. The monoisotopic (exact) mass is 344 g/mol. The van der Waals surface area contributed by atoms with Crippen molar-refractivity contribution < 1.29 is 9.90 Å². The van der Waals surface area contributed by atoms with E-state index in [0.29, 0.717) is 17.2 Å². The molecule has 26 heavy (non-hydrogen) atoms. The molecule has 0 saturated carbocycles. The van der Waals surface area contributed by atoms with Crippen molar-refractivity contribution in [1.82, 2.24) is 0 Å². The van der Waals surface area contributed by atoms with Gasteiger partial charge in [0.05, 0.1) is 16.9 Å². The van der Waals surface area contributed by atoms with Gasteiger partial charge in [-0.2, -0.15) is 5.10 Å². The third-order valence-corrected chi connectivity index (χ3v) is 3.49. The van der Waals surface area contributed by atoms with Gasteiger partial charge in [-0.3, -0.25) is 5.43 Å². The predicted molar refractivity (Wildman–Crippen MR) is 101 cm³/mol. The zero-order chi connectivity index (χ0) is 18.2. The number of hydrogen-bond acceptors (Lipinski definition) is 4. The zero-order valence-electron chi connectivity index (χ0n) is 13.8. The number of carboxylic acid groups (broad SMARTS) is 1. The van der Waals surface area contributed by atoms with Gasteiger partial charge in [0.25, 0.3) is 0 Å². The average molecular weight is 344 g/mol. The standard InChI is InChI=1S/C20H16N4O2/c25-20(26)17-13-7-8-14-18(17)22-24-19(15-9-3-1-4-10-15)23-21-16-11-5-2-6-12-16/h1-14,22H,(H,25,26)/b23-21+,24-19+. The minimum atomic E-state index is -1.03. The van der Waals surface area contributed by atoms with Gasteiger partial charge in [-0.15, -0.1) is 10.2 Å². The first kappa shape index (κ1) is 17.0. The lowest BCUT2D eigenvalue weighted by molar-refractivity contribution is 0.0698. The molecule has 0 saturated heterocycles. The van der Waals surface area contributed by atoms with Crippen molar-refractivity contribution >= 4 is 23.2 Å². The highest BCUT2D eigenvalue weighted by Crippen LogP contribution is 2.16. The summed E-state index contributed by atoms with van der Waals surface area (Å²) < 4.78 is 0. The van der Waals surface area contributed by atoms with E-state index in [1.807, 2.05) is 60.7 Å². The molecule has 0 spiro atoms. The molecule has 0 aliphatic rings. The number of benzene rings is 3. The van der Waals surface area contributed by atoms with Gasteiger partial charge < -0.3 is 5.11 Å². The van der Waals surface area contributed by atoms with Crippen LogP contribution in [-0.2, 0) is 0 Å². The Kier molecular flexibility index (Phi) is 5.47. The van der Waals surface area contributed by atoms with Crippen LogP contribution in [0.25, 0.3) is 0 Å². The predicted octanol–water partition coefficient (Wildman–Crippen LogP) is 4.94. The second kappa shape index (κ2) is 8.34. The molecule has 0 aromatic heterocycles. The van der Waals surface area contributed by atoms with Crippen LogP contribution in [0.4, 0.5) is 11.4 Å². The zero-order valence-corrected chi connectivity index (χ0v) is 13.8. The van der Waals surface area contributed by atoms with Crippen LogP contribution in [0.1, 0.15) is 15.9 Å². The molecular formula is C20H16N4O2. The van der Waals surface area contributed by atoms with Gasteiger partial charge in [0.15, 0.2) is 0 Å². The molecule has 128 valence electrons. The number of azo groups is 1. The van der Waals surface area contributed by atoms with Gasteiger partial charge >= 0.3 is 5.97 Å². The Balaban J connectivity index is 1.92. The Morgan fingerprint density at radius 3 is 2.12 bits per heavy atom. The fourth-order valence-electron chi connectivity index (χ4n) is 2.21. The lowest BCUT2D eigenvalue weighted by Gasteiger charge is -2.06. The van der Waals surface area contributed by atoms with Gasteiger partial charge in [-0.05, 0) is 24.3 Å². The minimum Gasteiger partial charge on any atom is -0.478 e. The van der Waals surface area contributed by atoms with Crippen LogP contribution < -0.4 is 5.43 Å².